The number of nitrogens with one attached hydrogen (secondary N) is 2. The van der Waals surface area contributed by atoms with Crippen molar-refractivity contribution in [2.45, 2.75) is 24.9 Å². The van der Waals surface area contributed by atoms with Gasteiger partial charge in [0.05, 0.1) is 19.0 Å². The van der Waals surface area contributed by atoms with Crippen LogP contribution in [0, 0.1) is 0 Å². The lowest BCUT2D eigenvalue weighted by molar-refractivity contribution is -0.0423. The second kappa shape index (κ2) is 10.1. The summed E-state index contributed by atoms with van der Waals surface area (Å²) in [5, 5.41) is 13.1. The molecule has 3 heterocycles. The average molecular weight is 547 g/mol. The van der Waals surface area contributed by atoms with E-state index in [1.54, 1.807) is 6.08 Å². The Bertz CT molecular complexity index is 1260. The number of phosphoric ester groups is 1. The van der Waals surface area contributed by atoms with Crippen molar-refractivity contribution in [3.63, 3.8) is 0 Å². The van der Waals surface area contributed by atoms with Crippen molar-refractivity contribution in [1.82, 2.24) is 19.5 Å². The summed E-state index contributed by atoms with van der Waals surface area (Å²) >= 11 is 0. The quantitative estimate of drug-likeness (QED) is 0.141. The summed E-state index contributed by atoms with van der Waals surface area (Å²) in [6.07, 6.45) is -0.759. The molecule has 1 aliphatic rings. The summed E-state index contributed by atoms with van der Waals surface area (Å²) in [7, 11) is -16.6. The Morgan fingerprint density at radius 2 is 1.97 bits per heavy atom. The van der Waals surface area contributed by atoms with Crippen molar-refractivity contribution in [2.24, 2.45) is 0 Å². The topological polar surface area (TPSA) is 265 Å². The van der Waals surface area contributed by atoms with E-state index in [1.165, 1.54) is 10.9 Å². The molecule has 2 aromatic rings. The summed E-state index contributed by atoms with van der Waals surface area (Å²) < 4.78 is 52.5. The van der Waals surface area contributed by atoms with E-state index in [0.29, 0.717) is 6.54 Å². The van der Waals surface area contributed by atoms with Crippen molar-refractivity contribution < 1.29 is 56.3 Å². The van der Waals surface area contributed by atoms with Gasteiger partial charge in [0.2, 0.25) is 5.95 Å². The van der Waals surface area contributed by atoms with Crippen LogP contribution >= 0.6 is 23.5 Å². The monoisotopic (exact) mass is 547 g/mol. The van der Waals surface area contributed by atoms with Gasteiger partial charge in [0.25, 0.3) is 5.56 Å². The van der Waals surface area contributed by atoms with Crippen LogP contribution in [0.5, 0.6) is 0 Å². The largest absolute Gasteiger partial charge is 0.490 e. The average Bonchev–Trinajstić information content (AvgIpc) is 3.25. The van der Waals surface area contributed by atoms with Gasteiger partial charge in [0.1, 0.15) is 12.3 Å². The first kappa shape index (κ1) is 26.8. The highest BCUT2D eigenvalue weighted by molar-refractivity contribution is 7.66. The molecule has 2 unspecified atom stereocenters. The molecule has 2 aromatic heterocycles. The Hall–Kier alpha value is -1.78. The number of aliphatic hydroxyl groups is 1. The van der Waals surface area contributed by atoms with Crippen molar-refractivity contribution in [3.05, 3.63) is 29.3 Å². The molecule has 0 saturated carbocycles. The molecule has 190 valence electrons. The van der Waals surface area contributed by atoms with E-state index >= 15 is 0 Å². The van der Waals surface area contributed by atoms with Crippen molar-refractivity contribution in [3.8, 4) is 0 Å². The lowest BCUT2D eigenvalue weighted by atomic mass is 10.2. The molecule has 0 spiro atoms. The van der Waals surface area contributed by atoms with Crippen molar-refractivity contribution in [1.29, 1.82) is 0 Å². The highest BCUT2D eigenvalue weighted by atomic mass is 31.3. The molecule has 7 N–H and O–H groups in total. The van der Waals surface area contributed by atoms with Gasteiger partial charge in [-0.3, -0.25) is 18.9 Å². The lowest BCUT2D eigenvalue weighted by Crippen LogP contribution is -2.26. The predicted octanol–water partition coefficient (Wildman–Crippen LogP) is -0.291. The van der Waals surface area contributed by atoms with Crippen LogP contribution in [-0.2, 0) is 31.6 Å². The number of fused-ring (bicyclic) bond motifs is 1. The van der Waals surface area contributed by atoms with Gasteiger partial charge in [0.15, 0.2) is 11.2 Å². The molecule has 1 fully saturated rings. The number of hydrogen-bond acceptors (Lipinski definition) is 12. The fourth-order valence-corrected chi connectivity index (χ4v) is 5.93. The molecule has 0 aliphatic carbocycles. The van der Waals surface area contributed by atoms with E-state index in [2.05, 4.69) is 40.0 Å². The number of nitrogens with zero attached hydrogens (tertiary/aromatic N) is 3. The van der Waals surface area contributed by atoms with Crippen LogP contribution < -0.4 is 10.9 Å². The molecule has 0 aromatic carbocycles. The smallest absolute Gasteiger partial charge is 0.390 e. The van der Waals surface area contributed by atoms with Gasteiger partial charge in [0, 0.05) is 13.0 Å². The van der Waals surface area contributed by atoms with Gasteiger partial charge in [-0.1, -0.05) is 6.08 Å². The number of imidazole rings is 1. The molecule has 0 bridgehead atoms. The first-order chi connectivity index (χ1) is 15.7. The SMILES string of the molecule is C=CCNc1nc2c(ncn2[C@H]2C[C@@H](O)[C@@H](COP(=O)(O)OP(=O)(O)OP(=O)(O)O)O2)c(=O)[nH]1. The Morgan fingerprint density at radius 1 is 1.26 bits per heavy atom. The zero-order chi connectivity index (χ0) is 25.3. The normalized spacial score (nSPS) is 24.6. The van der Waals surface area contributed by atoms with E-state index in [9.17, 15) is 28.5 Å². The number of anilines is 1. The van der Waals surface area contributed by atoms with Gasteiger partial charge in [-0.25, -0.2) is 18.7 Å². The lowest BCUT2D eigenvalue weighted by Gasteiger charge is -2.19. The van der Waals surface area contributed by atoms with E-state index in [0.717, 1.165) is 0 Å². The molecule has 34 heavy (non-hydrogen) atoms. The van der Waals surface area contributed by atoms with Crippen molar-refractivity contribution in [2.75, 3.05) is 18.5 Å². The highest BCUT2D eigenvalue weighted by Crippen LogP contribution is 2.66. The van der Waals surface area contributed by atoms with Crippen LogP contribution in [0.15, 0.2) is 23.8 Å². The molecule has 1 saturated heterocycles. The summed E-state index contributed by atoms with van der Waals surface area (Å²) in [6.45, 7) is 3.01. The number of aromatic nitrogens is 4. The van der Waals surface area contributed by atoms with Gasteiger partial charge < -0.3 is 34.7 Å². The minimum atomic E-state index is -5.68. The Balaban J connectivity index is 1.69. The zero-order valence-electron chi connectivity index (χ0n) is 16.9. The highest BCUT2D eigenvalue weighted by Gasteiger charge is 2.43. The van der Waals surface area contributed by atoms with E-state index < -0.39 is 54.1 Å². The summed E-state index contributed by atoms with van der Waals surface area (Å²) in [4.78, 5) is 58.7. The van der Waals surface area contributed by atoms with Gasteiger partial charge in [-0.05, 0) is 0 Å². The van der Waals surface area contributed by atoms with Crippen LogP contribution in [-0.4, -0.2) is 69.6 Å². The third kappa shape index (κ3) is 6.88. The third-order valence-electron chi connectivity index (χ3n) is 4.18. The fraction of sp³-hybridized carbons (Fsp3) is 0.462. The minimum absolute atomic E-state index is 0.0149. The molecule has 0 radical (unpaired) electrons. The molecule has 1 aliphatic heterocycles. The maximum Gasteiger partial charge on any atom is 0.490 e. The fourth-order valence-electron chi connectivity index (χ4n) is 2.90. The minimum Gasteiger partial charge on any atom is -0.390 e. The second-order valence-corrected chi connectivity index (χ2v) is 11.1. The summed E-state index contributed by atoms with van der Waals surface area (Å²) in [6, 6.07) is 0. The number of ether oxygens (including phenoxy) is 1. The van der Waals surface area contributed by atoms with Crippen LogP contribution in [0.1, 0.15) is 12.6 Å². The standard InChI is InChI=1S/C13H20N5O13P3/c1-2-3-14-13-16-11-10(12(20)17-13)15-6-18(11)9-4-7(19)8(29-9)5-28-33(24,25)31-34(26,27)30-32(21,22)23/h2,6-9,19H,1,3-5H2,(H,24,25)(H,26,27)(H2,21,22,23)(H2,14,16,17,20)/t7-,8-,9-/m1/s1. The molecule has 5 atom stereocenters. The number of phosphoric acid groups is 3. The number of H-pyrrole nitrogens is 1. The first-order valence-electron chi connectivity index (χ1n) is 9.13. The molecule has 21 heteroatoms. The van der Waals surface area contributed by atoms with Crippen LogP contribution in [0.3, 0.4) is 0 Å². The van der Waals surface area contributed by atoms with E-state index in [4.69, 9.17) is 19.4 Å². The molecular weight excluding hydrogens is 527 g/mol. The number of aliphatic hydroxyl groups excluding tert-OH is 1. The molecule has 3 rings (SSSR count). The molecular formula is C13H20N5O13P3. The molecule has 18 nitrogen and oxygen atoms in total. The van der Waals surface area contributed by atoms with Crippen molar-refractivity contribution >= 4 is 40.6 Å². The maximum absolute atomic E-state index is 12.2. The third-order valence-corrected chi connectivity index (χ3v) is 7.98. The predicted molar refractivity (Wildman–Crippen MR) is 111 cm³/mol. The van der Waals surface area contributed by atoms with Gasteiger partial charge >= 0.3 is 23.5 Å². The van der Waals surface area contributed by atoms with Gasteiger partial charge in [-0.15, -0.1) is 6.58 Å². The Morgan fingerprint density at radius 3 is 2.62 bits per heavy atom. The number of rotatable bonds is 11. The Labute approximate surface area is 189 Å². The molecule has 0 amide bonds. The summed E-state index contributed by atoms with van der Waals surface area (Å²) in [5.74, 6) is 0.127. The second-order valence-electron chi connectivity index (χ2n) is 6.73. The maximum atomic E-state index is 12.2. The van der Waals surface area contributed by atoms with Crippen LogP contribution in [0.4, 0.5) is 5.95 Å². The Kier molecular flexibility index (Phi) is 7.94. The number of hydrogen-bond donors (Lipinski definition) is 7. The summed E-state index contributed by atoms with van der Waals surface area (Å²) in [5.41, 5.74) is -0.446. The zero-order valence-corrected chi connectivity index (χ0v) is 19.6. The van der Waals surface area contributed by atoms with Crippen LogP contribution in [0.25, 0.3) is 11.2 Å². The number of aromatic amines is 1. The van der Waals surface area contributed by atoms with Gasteiger partial charge in [-0.2, -0.15) is 13.6 Å². The van der Waals surface area contributed by atoms with E-state index in [1.807, 2.05) is 0 Å². The first-order valence-corrected chi connectivity index (χ1v) is 13.7. The van der Waals surface area contributed by atoms with E-state index in [-0.39, 0.29) is 23.5 Å². The van der Waals surface area contributed by atoms with Crippen LogP contribution in [0.2, 0.25) is 0 Å².